The topological polar surface area (TPSA) is 67.3 Å². The Morgan fingerprint density at radius 2 is 2.12 bits per heavy atom. The van der Waals surface area contributed by atoms with E-state index in [-0.39, 0.29) is 5.82 Å². The van der Waals surface area contributed by atoms with E-state index in [4.69, 9.17) is 4.42 Å². The maximum absolute atomic E-state index is 13.9. The van der Waals surface area contributed by atoms with E-state index in [1.807, 2.05) is 6.07 Å². The van der Waals surface area contributed by atoms with E-state index in [0.717, 1.165) is 12.3 Å². The molecular weight excluding hydrogens is 323 g/mol. The molecule has 2 aromatic heterocycles. The summed E-state index contributed by atoms with van der Waals surface area (Å²) in [5, 5.41) is 18.4. The van der Waals surface area contributed by atoms with Crippen LogP contribution in [0.1, 0.15) is 12.2 Å². The molecule has 130 valence electrons. The van der Waals surface area contributed by atoms with Crippen molar-refractivity contribution in [2.75, 3.05) is 13.1 Å². The molecule has 7 heteroatoms. The first-order valence-corrected chi connectivity index (χ1v) is 8.24. The van der Waals surface area contributed by atoms with Crippen molar-refractivity contribution in [1.29, 1.82) is 0 Å². The van der Waals surface area contributed by atoms with Gasteiger partial charge in [-0.05, 0) is 30.7 Å². The zero-order chi connectivity index (χ0) is 17.3. The normalized spacial score (nSPS) is 21.0. The summed E-state index contributed by atoms with van der Waals surface area (Å²) < 4.78 is 21.3. The maximum Gasteiger partial charge on any atom is 0.137 e. The second-order valence-electron chi connectivity index (χ2n) is 6.53. The van der Waals surface area contributed by atoms with Crippen molar-refractivity contribution >= 4 is 0 Å². The molecule has 1 N–H and O–H groups in total. The van der Waals surface area contributed by atoms with E-state index in [0.29, 0.717) is 37.4 Å². The first kappa shape index (κ1) is 16.0. The van der Waals surface area contributed by atoms with Gasteiger partial charge in [0.05, 0.1) is 30.5 Å². The summed E-state index contributed by atoms with van der Waals surface area (Å²) in [4.78, 5) is 2.13. The third-order valence-corrected chi connectivity index (χ3v) is 4.52. The monoisotopic (exact) mass is 342 g/mol. The molecule has 1 aliphatic rings. The van der Waals surface area contributed by atoms with Crippen LogP contribution in [-0.4, -0.2) is 43.7 Å². The van der Waals surface area contributed by atoms with Gasteiger partial charge in [-0.15, -0.1) is 5.10 Å². The van der Waals surface area contributed by atoms with E-state index < -0.39 is 5.60 Å². The maximum atomic E-state index is 13.9. The fourth-order valence-electron chi connectivity index (χ4n) is 3.31. The summed E-state index contributed by atoms with van der Waals surface area (Å²) in [7, 11) is 0. The Morgan fingerprint density at radius 1 is 1.24 bits per heavy atom. The summed E-state index contributed by atoms with van der Waals surface area (Å²) in [6, 6.07) is 10.2. The lowest BCUT2D eigenvalue weighted by Gasteiger charge is -2.22. The molecule has 3 heterocycles. The highest BCUT2D eigenvalue weighted by molar-refractivity contribution is 5.58. The Kier molecular flexibility index (Phi) is 4.10. The Morgan fingerprint density at radius 3 is 2.92 bits per heavy atom. The molecule has 1 fully saturated rings. The van der Waals surface area contributed by atoms with Gasteiger partial charge in [0, 0.05) is 19.3 Å². The second-order valence-corrected chi connectivity index (χ2v) is 6.53. The van der Waals surface area contributed by atoms with Gasteiger partial charge in [0.15, 0.2) is 0 Å². The minimum atomic E-state index is -0.825. The number of furan rings is 1. The Hall–Kier alpha value is -2.51. The van der Waals surface area contributed by atoms with Crippen molar-refractivity contribution in [3.8, 4) is 11.3 Å². The Bertz CT molecular complexity index is 848. The molecule has 25 heavy (non-hydrogen) atoms. The van der Waals surface area contributed by atoms with Crippen LogP contribution in [-0.2, 0) is 13.1 Å². The molecule has 0 aliphatic carbocycles. The van der Waals surface area contributed by atoms with E-state index in [1.165, 1.54) is 6.07 Å². The van der Waals surface area contributed by atoms with Gasteiger partial charge in [0.1, 0.15) is 17.3 Å². The van der Waals surface area contributed by atoms with Crippen LogP contribution in [0.3, 0.4) is 0 Å². The van der Waals surface area contributed by atoms with E-state index in [9.17, 15) is 9.50 Å². The Labute approximate surface area is 144 Å². The zero-order valence-corrected chi connectivity index (χ0v) is 13.7. The van der Waals surface area contributed by atoms with Crippen molar-refractivity contribution < 1.29 is 13.9 Å². The standard InChI is InChI=1S/C18H19FN4O2/c19-16-4-2-1-3-15(16)17-6-5-14(25-17)11-22-9-7-18(24,12-22)13-23-10-8-20-21-23/h1-6,8,10,24H,7,9,11-13H2. The molecule has 0 bridgehead atoms. The van der Waals surface area contributed by atoms with Crippen LogP contribution in [0.4, 0.5) is 4.39 Å². The Balaban J connectivity index is 1.41. The molecule has 0 spiro atoms. The summed E-state index contributed by atoms with van der Waals surface area (Å²) >= 11 is 0. The average Bonchev–Trinajstić information content (AvgIpc) is 3.31. The van der Waals surface area contributed by atoms with Gasteiger partial charge >= 0.3 is 0 Å². The van der Waals surface area contributed by atoms with Crippen LogP contribution in [0.5, 0.6) is 0 Å². The van der Waals surface area contributed by atoms with Gasteiger partial charge in [-0.1, -0.05) is 17.3 Å². The van der Waals surface area contributed by atoms with Crippen LogP contribution >= 0.6 is 0 Å². The fraction of sp³-hybridized carbons (Fsp3) is 0.333. The number of aromatic nitrogens is 3. The van der Waals surface area contributed by atoms with Crippen LogP contribution in [0.15, 0.2) is 53.2 Å². The predicted molar refractivity (Wildman–Crippen MR) is 89.0 cm³/mol. The third kappa shape index (κ3) is 3.47. The van der Waals surface area contributed by atoms with Crippen LogP contribution in [0.2, 0.25) is 0 Å². The lowest BCUT2D eigenvalue weighted by atomic mass is 10.0. The SMILES string of the molecule is OC1(Cn2ccnn2)CCN(Cc2ccc(-c3ccccc3F)o2)C1. The number of hydrogen-bond acceptors (Lipinski definition) is 5. The van der Waals surface area contributed by atoms with Crippen molar-refractivity contribution in [3.05, 3.63) is 60.4 Å². The van der Waals surface area contributed by atoms with Crippen LogP contribution < -0.4 is 0 Å². The summed E-state index contributed by atoms with van der Waals surface area (Å²) in [5.74, 6) is 0.972. The van der Waals surface area contributed by atoms with Gasteiger partial charge in [0.2, 0.25) is 0 Å². The third-order valence-electron chi connectivity index (χ3n) is 4.52. The molecule has 0 saturated carbocycles. The number of rotatable bonds is 5. The lowest BCUT2D eigenvalue weighted by molar-refractivity contribution is 0.0269. The molecule has 3 aromatic rings. The molecule has 1 aromatic carbocycles. The molecule has 6 nitrogen and oxygen atoms in total. The predicted octanol–water partition coefficient (Wildman–Crippen LogP) is 2.31. The molecule has 4 rings (SSSR count). The summed E-state index contributed by atoms with van der Waals surface area (Å²) in [6.07, 6.45) is 4.00. The highest BCUT2D eigenvalue weighted by atomic mass is 19.1. The first-order valence-electron chi connectivity index (χ1n) is 8.24. The van der Waals surface area contributed by atoms with Gasteiger partial charge in [0.25, 0.3) is 0 Å². The largest absolute Gasteiger partial charge is 0.460 e. The molecular formula is C18H19FN4O2. The van der Waals surface area contributed by atoms with E-state index in [2.05, 4.69) is 15.2 Å². The lowest BCUT2D eigenvalue weighted by Crippen LogP contribution is -2.37. The minimum absolute atomic E-state index is 0.299. The van der Waals surface area contributed by atoms with Crippen molar-refractivity contribution in [2.45, 2.75) is 25.1 Å². The zero-order valence-electron chi connectivity index (χ0n) is 13.7. The molecule has 1 saturated heterocycles. The average molecular weight is 342 g/mol. The number of benzene rings is 1. The quantitative estimate of drug-likeness (QED) is 0.771. The van der Waals surface area contributed by atoms with Gasteiger partial charge in [-0.2, -0.15) is 0 Å². The van der Waals surface area contributed by atoms with Crippen molar-refractivity contribution in [2.24, 2.45) is 0 Å². The van der Waals surface area contributed by atoms with Crippen molar-refractivity contribution in [1.82, 2.24) is 19.9 Å². The van der Waals surface area contributed by atoms with Crippen molar-refractivity contribution in [3.63, 3.8) is 0 Å². The molecule has 1 atom stereocenters. The number of aliphatic hydroxyl groups is 1. The fourth-order valence-corrected chi connectivity index (χ4v) is 3.31. The highest BCUT2D eigenvalue weighted by Crippen LogP contribution is 2.28. The smallest absolute Gasteiger partial charge is 0.137 e. The number of β-amino-alcohol motifs (C(OH)–C–C–N with tert-alkyl or cyclic N) is 1. The minimum Gasteiger partial charge on any atom is -0.460 e. The second kappa shape index (κ2) is 6.42. The summed E-state index contributed by atoms with van der Waals surface area (Å²) in [6.45, 7) is 2.29. The highest BCUT2D eigenvalue weighted by Gasteiger charge is 2.37. The van der Waals surface area contributed by atoms with E-state index in [1.54, 1.807) is 41.3 Å². The van der Waals surface area contributed by atoms with Crippen LogP contribution in [0, 0.1) is 5.82 Å². The number of likely N-dealkylation sites (tertiary alicyclic amines) is 1. The summed E-state index contributed by atoms with van der Waals surface area (Å²) in [5.41, 5.74) is -0.368. The molecule has 1 unspecified atom stereocenters. The molecule has 0 radical (unpaired) electrons. The molecule has 1 aliphatic heterocycles. The van der Waals surface area contributed by atoms with Gasteiger partial charge in [-0.3, -0.25) is 4.90 Å². The van der Waals surface area contributed by atoms with Crippen LogP contribution in [0.25, 0.3) is 11.3 Å². The first-order chi connectivity index (χ1) is 12.1. The number of halogens is 1. The molecule has 0 amide bonds. The number of nitrogens with zero attached hydrogens (tertiary/aromatic N) is 4. The van der Waals surface area contributed by atoms with Gasteiger partial charge < -0.3 is 9.52 Å². The van der Waals surface area contributed by atoms with Gasteiger partial charge in [-0.25, -0.2) is 9.07 Å². The van der Waals surface area contributed by atoms with E-state index >= 15 is 0 Å². The number of hydrogen-bond donors (Lipinski definition) is 1.